The largest absolute Gasteiger partial charge is 0.480 e. The molecule has 0 saturated heterocycles. The van der Waals surface area contributed by atoms with Crippen molar-refractivity contribution < 1.29 is 14.7 Å². The number of carboxylic acid groups (broad SMARTS) is 1. The van der Waals surface area contributed by atoms with Gasteiger partial charge in [-0.15, -0.1) is 11.3 Å². The minimum absolute atomic E-state index is 0.229. The van der Waals surface area contributed by atoms with E-state index in [-0.39, 0.29) is 18.9 Å². The molecule has 2 aromatic rings. The van der Waals surface area contributed by atoms with Crippen LogP contribution in [-0.2, 0) is 17.8 Å². The topological polar surface area (TPSA) is 86.3 Å². The zero-order valence-electron chi connectivity index (χ0n) is 10.2. The summed E-state index contributed by atoms with van der Waals surface area (Å²) in [6.45, 7) is 0.237. The fourth-order valence-electron chi connectivity index (χ4n) is 2.24. The van der Waals surface area contributed by atoms with E-state index in [0.717, 1.165) is 9.48 Å². The van der Waals surface area contributed by atoms with Crippen molar-refractivity contribution in [2.75, 3.05) is 0 Å². The quantitative estimate of drug-likeness (QED) is 0.860. The van der Waals surface area contributed by atoms with Gasteiger partial charge >= 0.3 is 5.97 Å². The number of halogens is 1. The van der Waals surface area contributed by atoms with Gasteiger partial charge in [0.2, 0.25) is 0 Å². The van der Waals surface area contributed by atoms with Crippen LogP contribution in [0, 0.1) is 0 Å². The molecule has 8 heteroatoms. The van der Waals surface area contributed by atoms with E-state index in [4.69, 9.17) is 0 Å². The molecule has 0 spiro atoms. The van der Waals surface area contributed by atoms with Crippen LogP contribution in [-0.4, -0.2) is 37.9 Å². The number of imidazole rings is 1. The average molecular weight is 356 g/mol. The number of fused-ring (bicyclic) bond motifs is 1. The lowest BCUT2D eigenvalue weighted by atomic mass is 10.0. The van der Waals surface area contributed by atoms with Crippen molar-refractivity contribution >= 4 is 39.1 Å². The number of carbonyl (C=O) groups is 2. The highest BCUT2D eigenvalue weighted by Crippen LogP contribution is 2.27. The molecule has 0 aliphatic carbocycles. The molecule has 0 saturated carbocycles. The zero-order valence-corrected chi connectivity index (χ0v) is 12.6. The standard InChI is InChI=1S/C12H10BrN3O3S/c13-10-2-1-9(20-10)11(17)16-4-7-6(14-5-15-7)3-8(16)12(18)19/h1-2,5,8H,3-4H2,(H,14,15)(H,18,19). The van der Waals surface area contributed by atoms with Gasteiger partial charge in [0.1, 0.15) is 6.04 Å². The Balaban J connectivity index is 1.94. The summed E-state index contributed by atoms with van der Waals surface area (Å²) in [4.78, 5) is 32.8. The summed E-state index contributed by atoms with van der Waals surface area (Å²) in [5.74, 6) is -1.28. The highest BCUT2D eigenvalue weighted by atomic mass is 79.9. The number of carbonyl (C=O) groups excluding carboxylic acids is 1. The van der Waals surface area contributed by atoms with E-state index in [1.165, 1.54) is 22.6 Å². The number of nitrogens with one attached hydrogen (secondary N) is 1. The Morgan fingerprint density at radius 2 is 2.30 bits per heavy atom. The number of carboxylic acids is 1. The molecule has 1 aliphatic heterocycles. The van der Waals surface area contributed by atoms with E-state index in [0.29, 0.717) is 10.6 Å². The second-order valence-corrected chi connectivity index (χ2v) is 6.89. The number of hydrogen-bond donors (Lipinski definition) is 2. The van der Waals surface area contributed by atoms with Gasteiger partial charge in [-0.3, -0.25) is 4.79 Å². The van der Waals surface area contributed by atoms with Crippen LogP contribution in [0.5, 0.6) is 0 Å². The molecule has 1 aliphatic rings. The van der Waals surface area contributed by atoms with Crippen molar-refractivity contribution in [1.82, 2.24) is 14.9 Å². The summed E-state index contributed by atoms with van der Waals surface area (Å²) >= 11 is 4.60. The first-order chi connectivity index (χ1) is 9.56. The summed E-state index contributed by atoms with van der Waals surface area (Å²) in [6, 6.07) is 2.59. The molecule has 3 heterocycles. The summed E-state index contributed by atoms with van der Waals surface area (Å²) < 4.78 is 0.840. The molecule has 6 nitrogen and oxygen atoms in total. The molecule has 3 rings (SSSR count). The molecule has 0 fully saturated rings. The van der Waals surface area contributed by atoms with Crippen LogP contribution in [0.15, 0.2) is 22.2 Å². The second kappa shape index (κ2) is 5.02. The van der Waals surface area contributed by atoms with Crippen molar-refractivity contribution in [1.29, 1.82) is 0 Å². The van der Waals surface area contributed by atoms with Gasteiger partial charge in [-0.2, -0.15) is 0 Å². The summed E-state index contributed by atoms with van der Waals surface area (Å²) in [5.41, 5.74) is 1.51. The van der Waals surface area contributed by atoms with Crippen molar-refractivity contribution in [3.05, 3.63) is 38.5 Å². The first kappa shape index (κ1) is 13.3. The number of H-pyrrole nitrogens is 1. The predicted octanol–water partition coefficient (Wildman–Crippen LogP) is 1.89. The SMILES string of the molecule is O=C(O)C1Cc2nc[nH]c2CN1C(=O)c1ccc(Br)s1. The van der Waals surface area contributed by atoms with Crippen molar-refractivity contribution in [3.8, 4) is 0 Å². The fraction of sp³-hybridized carbons (Fsp3) is 0.250. The molecular formula is C12H10BrN3O3S. The number of nitrogens with zero attached hydrogens (tertiary/aromatic N) is 2. The fourth-order valence-corrected chi connectivity index (χ4v) is 3.58. The molecule has 1 atom stereocenters. The molecule has 1 amide bonds. The van der Waals surface area contributed by atoms with Gasteiger partial charge in [-0.1, -0.05) is 0 Å². The van der Waals surface area contributed by atoms with Crippen LogP contribution in [0.25, 0.3) is 0 Å². The van der Waals surface area contributed by atoms with E-state index < -0.39 is 12.0 Å². The van der Waals surface area contributed by atoms with E-state index in [9.17, 15) is 14.7 Å². The maximum Gasteiger partial charge on any atom is 0.326 e. The Labute approximate surface area is 126 Å². The lowest BCUT2D eigenvalue weighted by molar-refractivity contribution is -0.142. The highest BCUT2D eigenvalue weighted by molar-refractivity contribution is 9.11. The van der Waals surface area contributed by atoms with Crippen LogP contribution < -0.4 is 0 Å². The lowest BCUT2D eigenvalue weighted by Gasteiger charge is -2.31. The van der Waals surface area contributed by atoms with Gasteiger partial charge < -0.3 is 15.0 Å². The van der Waals surface area contributed by atoms with Gasteiger partial charge in [0.25, 0.3) is 5.91 Å². The van der Waals surface area contributed by atoms with E-state index >= 15 is 0 Å². The lowest BCUT2D eigenvalue weighted by Crippen LogP contribution is -2.48. The normalized spacial score (nSPS) is 17.9. The number of aromatic amines is 1. The third-order valence-corrected chi connectivity index (χ3v) is 4.84. The minimum atomic E-state index is -1.01. The first-order valence-electron chi connectivity index (χ1n) is 5.86. The monoisotopic (exact) mass is 355 g/mol. The second-order valence-electron chi connectivity index (χ2n) is 4.42. The van der Waals surface area contributed by atoms with Crippen LogP contribution in [0.3, 0.4) is 0 Å². The third-order valence-electron chi connectivity index (χ3n) is 3.23. The van der Waals surface area contributed by atoms with E-state index in [2.05, 4.69) is 25.9 Å². The van der Waals surface area contributed by atoms with E-state index in [1.807, 2.05) is 0 Å². The van der Waals surface area contributed by atoms with Gasteiger partial charge in [-0.05, 0) is 28.1 Å². The molecule has 20 heavy (non-hydrogen) atoms. The average Bonchev–Trinajstić information content (AvgIpc) is 3.04. The zero-order chi connectivity index (χ0) is 14.3. The van der Waals surface area contributed by atoms with Crippen LogP contribution in [0.1, 0.15) is 21.1 Å². The summed E-state index contributed by atoms with van der Waals surface area (Å²) in [5, 5.41) is 9.34. The van der Waals surface area contributed by atoms with Gasteiger partial charge in [0.05, 0.1) is 32.9 Å². The predicted molar refractivity (Wildman–Crippen MR) is 75.6 cm³/mol. The highest BCUT2D eigenvalue weighted by Gasteiger charge is 2.36. The molecule has 0 aromatic carbocycles. The maximum atomic E-state index is 12.5. The Morgan fingerprint density at radius 1 is 1.50 bits per heavy atom. The third kappa shape index (κ3) is 2.25. The molecule has 0 bridgehead atoms. The van der Waals surface area contributed by atoms with E-state index in [1.54, 1.807) is 12.1 Å². The number of amides is 1. The van der Waals surface area contributed by atoms with Crippen LogP contribution in [0.2, 0.25) is 0 Å². The number of aliphatic carboxylic acids is 1. The van der Waals surface area contributed by atoms with Gasteiger partial charge in [0.15, 0.2) is 0 Å². The van der Waals surface area contributed by atoms with Crippen LogP contribution in [0.4, 0.5) is 0 Å². The van der Waals surface area contributed by atoms with Crippen LogP contribution >= 0.6 is 27.3 Å². The Kier molecular flexibility index (Phi) is 3.35. The van der Waals surface area contributed by atoms with Crippen molar-refractivity contribution in [2.45, 2.75) is 19.0 Å². The summed E-state index contributed by atoms with van der Waals surface area (Å²) in [6.07, 6.45) is 1.76. The maximum absolute atomic E-state index is 12.5. The number of aromatic nitrogens is 2. The molecule has 2 aromatic heterocycles. The number of rotatable bonds is 2. The van der Waals surface area contributed by atoms with Crippen molar-refractivity contribution in [2.24, 2.45) is 0 Å². The molecule has 0 radical (unpaired) electrons. The first-order valence-corrected chi connectivity index (χ1v) is 7.47. The molecular weight excluding hydrogens is 346 g/mol. The molecule has 104 valence electrons. The Bertz CT molecular complexity index is 681. The Morgan fingerprint density at radius 3 is 2.95 bits per heavy atom. The number of hydrogen-bond acceptors (Lipinski definition) is 4. The smallest absolute Gasteiger partial charge is 0.326 e. The van der Waals surface area contributed by atoms with Gasteiger partial charge in [-0.25, -0.2) is 9.78 Å². The van der Waals surface area contributed by atoms with Gasteiger partial charge in [0, 0.05) is 6.42 Å². The number of thiophene rings is 1. The molecule has 2 N–H and O–H groups in total. The minimum Gasteiger partial charge on any atom is -0.480 e. The Hall–Kier alpha value is -1.67. The summed E-state index contributed by atoms with van der Waals surface area (Å²) in [7, 11) is 0. The van der Waals surface area contributed by atoms with Crippen molar-refractivity contribution in [3.63, 3.8) is 0 Å². The molecule has 1 unspecified atom stereocenters.